The number of hydrogen-bond acceptors (Lipinski definition) is 5. The van der Waals surface area contributed by atoms with Crippen molar-refractivity contribution in [3.8, 4) is 33.6 Å². The standard InChI is InChI=1S/C25H18BrN3O.C5H6O3.C5H10/c1-15-7-12-20-19(13-15)23(17-5-3-2-4-6-17)24(25(30)27-20)22-14-21(28-29-22)16-8-10-18(26)11-9-16;1-3-2-4(6)8-5(3)7;1-4-5(2)3/h2-14H,1H3,(H,27,30)(H,28,29);3H,2H2,1H3;4H,1-3H3. The van der Waals surface area contributed by atoms with E-state index in [-0.39, 0.29) is 17.9 Å². The summed E-state index contributed by atoms with van der Waals surface area (Å²) in [5, 5.41) is 8.57. The monoisotopic (exact) mass is 639 g/mol. The molecular weight excluding hydrogens is 606 g/mol. The van der Waals surface area contributed by atoms with Crippen molar-refractivity contribution in [1.82, 2.24) is 15.2 Å². The first-order chi connectivity index (χ1) is 20.6. The SMILES string of the molecule is CC1CC(=O)OC1=O.CC=C(C)C.Cc1ccc2[nH]c(=O)c(-c3cc(-c4ccc(Br)cc4)n[nH]3)c(-c3ccccc3)c2c1. The molecule has 1 aliphatic rings. The number of cyclic esters (lactones) is 2. The van der Waals surface area contributed by atoms with Crippen molar-refractivity contribution in [3.63, 3.8) is 0 Å². The Labute approximate surface area is 259 Å². The largest absolute Gasteiger partial charge is 0.393 e. The van der Waals surface area contributed by atoms with E-state index in [1.165, 1.54) is 5.57 Å². The number of aryl methyl sites for hydroxylation is 1. The molecule has 1 atom stereocenters. The second-order valence-electron chi connectivity index (χ2n) is 10.6. The fourth-order valence-corrected chi connectivity index (χ4v) is 4.64. The summed E-state index contributed by atoms with van der Waals surface area (Å²) in [4.78, 5) is 36.8. The number of hydrogen-bond donors (Lipinski definition) is 2. The lowest BCUT2D eigenvalue weighted by molar-refractivity contribution is -0.152. The van der Waals surface area contributed by atoms with Gasteiger partial charge < -0.3 is 9.72 Å². The summed E-state index contributed by atoms with van der Waals surface area (Å²) in [6.07, 6.45) is 2.33. The highest BCUT2D eigenvalue weighted by Gasteiger charge is 2.28. The predicted octanol–water partition coefficient (Wildman–Crippen LogP) is 8.39. The molecule has 1 saturated heterocycles. The number of benzene rings is 3. The smallest absolute Gasteiger partial charge is 0.316 e. The number of fused-ring (bicyclic) bond motifs is 1. The van der Waals surface area contributed by atoms with Gasteiger partial charge in [-0.25, -0.2) is 0 Å². The summed E-state index contributed by atoms with van der Waals surface area (Å²) < 4.78 is 5.20. The lowest BCUT2D eigenvalue weighted by atomic mass is 9.93. The van der Waals surface area contributed by atoms with Gasteiger partial charge in [0.05, 0.1) is 29.3 Å². The van der Waals surface area contributed by atoms with E-state index in [1.807, 2.05) is 79.7 Å². The zero-order valence-corrected chi connectivity index (χ0v) is 26.4. The van der Waals surface area contributed by atoms with Gasteiger partial charge >= 0.3 is 11.9 Å². The summed E-state index contributed by atoms with van der Waals surface area (Å²) in [5.41, 5.74) is 8.15. The number of nitrogens with zero attached hydrogens (tertiary/aromatic N) is 1. The van der Waals surface area contributed by atoms with Crippen molar-refractivity contribution in [2.45, 2.75) is 41.0 Å². The van der Waals surface area contributed by atoms with Crippen LogP contribution in [0.3, 0.4) is 0 Å². The van der Waals surface area contributed by atoms with Crippen molar-refractivity contribution in [3.05, 3.63) is 111 Å². The fourth-order valence-electron chi connectivity index (χ4n) is 4.37. The van der Waals surface area contributed by atoms with Gasteiger partial charge in [-0.1, -0.05) is 88.6 Å². The van der Waals surface area contributed by atoms with Crippen LogP contribution in [0.5, 0.6) is 0 Å². The van der Waals surface area contributed by atoms with Gasteiger partial charge in [0.15, 0.2) is 0 Å². The lowest BCUT2D eigenvalue weighted by Crippen LogP contribution is -2.11. The summed E-state index contributed by atoms with van der Waals surface area (Å²) >= 11 is 3.46. The molecule has 0 saturated carbocycles. The first kappa shape index (κ1) is 31.4. The molecule has 0 radical (unpaired) electrons. The molecule has 1 fully saturated rings. The van der Waals surface area contributed by atoms with E-state index < -0.39 is 11.9 Å². The topological polar surface area (TPSA) is 105 Å². The quantitative estimate of drug-likeness (QED) is 0.117. The van der Waals surface area contributed by atoms with Crippen LogP contribution in [-0.2, 0) is 14.3 Å². The molecule has 1 aliphatic heterocycles. The molecule has 2 aromatic heterocycles. The molecule has 6 rings (SSSR count). The molecule has 8 heteroatoms. The minimum Gasteiger partial charge on any atom is -0.393 e. The molecule has 0 aliphatic carbocycles. The third-order valence-electron chi connectivity index (χ3n) is 6.89. The Morgan fingerprint density at radius 2 is 1.60 bits per heavy atom. The molecule has 43 heavy (non-hydrogen) atoms. The van der Waals surface area contributed by atoms with Crippen LogP contribution < -0.4 is 5.56 Å². The number of aromatic amines is 2. The average Bonchev–Trinajstić information content (AvgIpc) is 3.59. The molecule has 0 amide bonds. The summed E-state index contributed by atoms with van der Waals surface area (Å²) in [7, 11) is 0. The Bertz CT molecular complexity index is 1830. The Morgan fingerprint density at radius 3 is 2.16 bits per heavy atom. The van der Waals surface area contributed by atoms with Crippen LogP contribution in [0, 0.1) is 12.8 Å². The average molecular weight is 641 g/mol. The molecule has 0 spiro atoms. The number of rotatable bonds is 3. The van der Waals surface area contributed by atoms with Crippen LogP contribution in [0.4, 0.5) is 0 Å². The van der Waals surface area contributed by atoms with Gasteiger partial charge in [-0.15, -0.1) is 0 Å². The number of carbonyl (C=O) groups excluding carboxylic acids is 2. The van der Waals surface area contributed by atoms with E-state index >= 15 is 0 Å². The highest BCUT2D eigenvalue weighted by molar-refractivity contribution is 9.10. The van der Waals surface area contributed by atoms with E-state index in [4.69, 9.17) is 0 Å². The van der Waals surface area contributed by atoms with Crippen LogP contribution in [0.2, 0.25) is 0 Å². The van der Waals surface area contributed by atoms with Gasteiger partial charge in [0.25, 0.3) is 5.56 Å². The molecule has 3 aromatic carbocycles. The summed E-state index contributed by atoms with van der Waals surface area (Å²) in [5.74, 6) is -1.01. The number of nitrogens with one attached hydrogen (secondary N) is 2. The molecular formula is C35H34BrN3O4. The van der Waals surface area contributed by atoms with Gasteiger partial charge in [-0.2, -0.15) is 5.10 Å². The van der Waals surface area contributed by atoms with Crippen LogP contribution >= 0.6 is 15.9 Å². The second-order valence-corrected chi connectivity index (χ2v) is 11.5. The van der Waals surface area contributed by atoms with Crippen LogP contribution in [0.1, 0.15) is 39.7 Å². The number of pyridine rings is 1. The van der Waals surface area contributed by atoms with Crippen molar-refractivity contribution >= 4 is 38.8 Å². The Hall–Kier alpha value is -4.56. The second kappa shape index (κ2) is 14.1. The number of esters is 2. The number of H-pyrrole nitrogens is 2. The van der Waals surface area contributed by atoms with E-state index in [1.54, 1.807) is 6.92 Å². The fraction of sp³-hybridized carbons (Fsp3) is 0.200. The van der Waals surface area contributed by atoms with E-state index in [9.17, 15) is 14.4 Å². The normalized spacial score (nSPS) is 13.9. The number of halogens is 1. The molecule has 1 unspecified atom stereocenters. The van der Waals surface area contributed by atoms with Gasteiger partial charge in [0.1, 0.15) is 0 Å². The van der Waals surface area contributed by atoms with E-state index in [0.717, 1.165) is 43.3 Å². The van der Waals surface area contributed by atoms with Gasteiger partial charge in [-0.05, 0) is 63.6 Å². The number of ether oxygens (including phenoxy) is 1. The van der Waals surface area contributed by atoms with Crippen molar-refractivity contribution in [1.29, 1.82) is 0 Å². The van der Waals surface area contributed by atoms with Crippen LogP contribution in [0.25, 0.3) is 44.5 Å². The molecule has 2 N–H and O–H groups in total. The third kappa shape index (κ3) is 7.84. The molecule has 7 nitrogen and oxygen atoms in total. The Balaban J connectivity index is 0.000000271. The van der Waals surface area contributed by atoms with Crippen LogP contribution in [-0.4, -0.2) is 27.1 Å². The first-order valence-corrected chi connectivity index (χ1v) is 14.7. The number of aromatic nitrogens is 3. The van der Waals surface area contributed by atoms with Crippen molar-refractivity contribution < 1.29 is 14.3 Å². The maximum absolute atomic E-state index is 13.2. The highest BCUT2D eigenvalue weighted by atomic mass is 79.9. The third-order valence-corrected chi connectivity index (χ3v) is 7.41. The molecule has 0 bridgehead atoms. The minimum absolute atomic E-state index is 0.142. The Kier molecular flexibility index (Phi) is 10.3. The molecule has 220 valence electrons. The number of carbonyl (C=O) groups is 2. The highest BCUT2D eigenvalue weighted by Crippen LogP contribution is 2.35. The van der Waals surface area contributed by atoms with Crippen molar-refractivity contribution in [2.75, 3.05) is 0 Å². The van der Waals surface area contributed by atoms with Gasteiger partial charge in [0, 0.05) is 26.5 Å². The van der Waals surface area contributed by atoms with Gasteiger partial charge in [0.2, 0.25) is 0 Å². The van der Waals surface area contributed by atoms with Gasteiger partial charge in [-0.3, -0.25) is 19.5 Å². The lowest BCUT2D eigenvalue weighted by Gasteiger charge is -2.12. The maximum atomic E-state index is 13.2. The van der Waals surface area contributed by atoms with E-state index in [2.05, 4.69) is 68.8 Å². The summed E-state index contributed by atoms with van der Waals surface area (Å²) in [6, 6.07) is 26.0. The molecule has 3 heterocycles. The molecule has 5 aromatic rings. The van der Waals surface area contributed by atoms with E-state index in [0.29, 0.717) is 11.3 Å². The first-order valence-electron chi connectivity index (χ1n) is 13.9. The summed E-state index contributed by atoms with van der Waals surface area (Å²) in [6.45, 7) is 9.93. The van der Waals surface area contributed by atoms with Crippen molar-refractivity contribution in [2.24, 2.45) is 5.92 Å². The predicted molar refractivity (Wildman–Crippen MR) is 175 cm³/mol. The number of allylic oxidation sites excluding steroid dienone is 2. The zero-order valence-electron chi connectivity index (χ0n) is 24.8. The maximum Gasteiger partial charge on any atom is 0.316 e. The van der Waals surface area contributed by atoms with Crippen LogP contribution in [0.15, 0.2) is 99.8 Å². The minimum atomic E-state index is -0.400. The zero-order chi connectivity index (χ0) is 31.1. The Morgan fingerprint density at radius 1 is 0.930 bits per heavy atom.